The molecule has 0 aliphatic carbocycles. The molecular formula is C16H17N3O4S. The second kappa shape index (κ2) is 7.22. The standard InChI is InChI=1S/C16H17N3O4S/c1-3-14-7-6-13(10-16(14)19(20)21)11-17-18-24(22,23)15-8-4-12(2)5-9-15/h4-11,18H,3H2,1-2H3/b17-11-. The van der Waals surface area contributed by atoms with Crippen LogP contribution in [-0.2, 0) is 16.4 Å². The molecule has 0 aliphatic heterocycles. The average Bonchev–Trinajstić information content (AvgIpc) is 2.55. The first-order valence-corrected chi connectivity index (χ1v) is 8.70. The number of nitrogens with one attached hydrogen (secondary N) is 1. The normalized spacial score (nSPS) is 11.6. The van der Waals surface area contributed by atoms with Gasteiger partial charge in [-0.2, -0.15) is 13.5 Å². The number of hydrogen-bond acceptors (Lipinski definition) is 5. The molecule has 2 rings (SSSR count). The van der Waals surface area contributed by atoms with Crippen molar-refractivity contribution in [1.29, 1.82) is 0 Å². The molecule has 8 heteroatoms. The quantitative estimate of drug-likeness (QED) is 0.493. The van der Waals surface area contributed by atoms with E-state index in [-0.39, 0.29) is 10.6 Å². The zero-order valence-corrected chi connectivity index (χ0v) is 14.1. The zero-order chi connectivity index (χ0) is 17.7. The number of aryl methyl sites for hydroxylation is 2. The molecule has 1 N–H and O–H groups in total. The number of benzene rings is 2. The van der Waals surface area contributed by atoms with E-state index in [9.17, 15) is 18.5 Å². The molecule has 0 saturated carbocycles. The Kier molecular flexibility index (Phi) is 5.30. The highest BCUT2D eigenvalue weighted by molar-refractivity contribution is 7.89. The Hall–Kier alpha value is -2.74. The Morgan fingerprint density at radius 3 is 2.46 bits per heavy atom. The van der Waals surface area contributed by atoms with Gasteiger partial charge in [0, 0.05) is 17.2 Å². The van der Waals surface area contributed by atoms with Crippen molar-refractivity contribution in [3.8, 4) is 0 Å². The van der Waals surface area contributed by atoms with Gasteiger partial charge in [0.05, 0.1) is 16.0 Å². The van der Waals surface area contributed by atoms with Crippen molar-refractivity contribution in [2.45, 2.75) is 25.2 Å². The van der Waals surface area contributed by atoms with Gasteiger partial charge in [-0.15, -0.1) is 0 Å². The van der Waals surface area contributed by atoms with Crippen LogP contribution in [0.2, 0.25) is 0 Å². The first-order valence-electron chi connectivity index (χ1n) is 7.22. The Bertz CT molecular complexity index is 875. The second-order valence-electron chi connectivity index (χ2n) is 5.16. The molecule has 24 heavy (non-hydrogen) atoms. The number of nitro groups is 1. The van der Waals surface area contributed by atoms with Gasteiger partial charge < -0.3 is 0 Å². The van der Waals surface area contributed by atoms with E-state index >= 15 is 0 Å². The molecular weight excluding hydrogens is 330 g/mol. The second-order valence-corrected chi connectivity index (χ2v) is 6.83. The number of rotatable bonds is 6. The molecule has 0 radical (unpaired) electrons. The van der Waals surface area contributed by atoms with E-state index in [2.05, 4.69) is 9.93 Å². The summed E-state index contributed by atoms with van der Waals surface area (Å²) in [4.78, 5) is 12.7. The van der Waals surface area contributed by atoms with Crippen LogP contribution in [0.5, 0.6) is 0 Å². The van der Waals surface area contributed by atoms with Gasteiger partial charge in [-0.1, -0.05) is 36.8 Å². The molecule has 0 aliphatic rings. The minimum atomic E-state index is -3.77. The Morgan fingerprint density at radius 2 is 1.88 bits per heavy atom. The Morgan fingerprint density at radius 1 is 1.21 bits per heavy atom. The lowest BCUT2D eigenvalue weighted by Gasteiger charge is -2.04. The molecule has 0 amide bonds. The van der Waals surface area contributed by atoms with Crippen molar-refractivity contribution in [2.24, 2.45) is 5.10 Å². The van der Waals surface area contributed by atoms with Crippen LogP contribution < -0.4 is 4.83 Å². The van der Waals surface area contributed by atoms with Crippen LogP contribution >= 0.6 is 0 Å². The first kappa shape index (κ1) is 17.6. The summed E-state index contributed by atoms with van der Waals surface area (Å²) < 4.78 is 24.2. The molecule has 0 atom stereocenters. The van der Waals surface area contributed by atoms with Crippen molar-refractivity contribution < 1.29 is 13.3 Å². The van der Waals surface area contributed by atoms with Crippen LogP contribution in [0.3, 0.4) is 0 Å². The van der Waals surface area contributed by atoms with E-state index < -0.39 is 14.9 Å². The summed E-state index contributed by atoms with van der Waals surface area (Å²) in [6, 6.07) is 11.0. The summed E-state index contributed by atoms with van der Waals surface area (Å²) in [6.07, 6.45) is 1.77. The number of nitrogens with zero attached hydrogens (tertiary/aromatic N) is 2. The lowest BCUT2D eigenvalue weighted by molar-refractivity contribution is -0.385. The molecule has 2 aromatic carbocycles. The number of hydrazone groups is 1. The highest BCUT2D eigenvalue weighted by Gasteiger charge is 2.13. The summed E-state index contributed by atoms with van der Waals surface area (Å²) in [5.41, 5.74) is 1.98. The highest BCUT2D eigenvalue weighted by atomic mass is 32.2. The van der Waals surface area contributed by atoms with Gasteiger partial charge >= 0.3 is 0 Å². The fraction of sp³-hybridized carbons (Fsp3) is 0.188. The fourth-order valence-electron chi connectivity index (χ4n) is 2.07. The van der Waals surface area contributed by atoms with E-state index in [1.54, 1.807) is 24.3 Å². The third-order valence-corrected chi connectivity index (χ3v) is 4.64. The summed E-state index contributed by atoms with van der Waals surface area (Å²) in [6.45, 7) is 3.68. The first-order chi connectivity index (χ1) is 11.3. The minimum Gasteiger partial charge on any atom is -0.258 e. The van der Waals surface area contributed by atoms with Gasteiger partial charge in [-0.3, -0.25) is 10.1 Å². The third kappa shape index (κ3) is 4.17. The van der Waals surface area contributed by atoms with Crippen molar-refractivity contribution >= 4 is 21.9 Å². The molecule has 0 spiro atoms. The van der Waals surface area contributed by atoms with E-state index in [1.165, 1.54) is 24.4 Å². The molecule has 7 nitrogen and oxygen atoms in total. The summed E-state index contributed by atoms with van der Waals surface area (Å²) in [7, 11) is -3.77. The smallest absolute Gasteiger partial charge is 0.258 e. The fourth-order valence-corrected chi connectivity index (χ4v) is 2.86. The van der Waals surface area contributed by atoms with Gasteiger partial charge in [0.1, 0.15) is 0 Å². The maximum absolute atomic E-state index is 12.1. The van der Waals surface area contributed by atoms with Crippen LogP contribution in [0.15, 0.2) is 52.5 Å². The lowest BCUT2D eigenvalue weighted by atomic mass is 10.1. The summed E-state index contributed by atoms with van der Waals surface area (Å²) in [5, 5.41) is 14.7. The van der Waals surface area contributed by atoms with Crippen LogP contribution in [0.1, 0.15) is 23.6 Å². The maximum atomic E-state index is 12.1. The molecule has 0 bridgehead atoms. The van der Waals surface area contributed by atoms with Crippen molar-refractivity contribution in [3.63, 3.8) is 0 Å². The molecule has 0 saturated heterocycles. The number of nitro benzene ring substituents is 1. The molecule has 126 valence electrons. The Balaban J connectivity index is 2.18. The van der Waals surface area contributed by atoms with Crippen LogP contribution in [0.4, 0.5) is 5.69 Å². The predicted molar refractivity (Wildman–Crippen MR) is 91.6 cm³/mol. The monoisotopic (exact) mass is 347 g/mol. The third-order valence-electron chi connectivity index (χ3n) is 3.40. The van der Waals surface area contributed by atoms with Crippen molar-refractivity contribution in [1.82, 2.24) is 4.83 Å². The summed E-state index contributed by atoms with van der Waals surface area (Å²) >= 11 is 0. The molecule has 0 unspecified atom stereocenters. The van der Waals surface area contributed by atoms with Gasteiger partial charge in [0.2, 0.25) is 0 Å². The van der Waals surface area contributed by atoms with E-state index in [1.807, 2.05) is 13.8 Å². The average molecular weight is 347 g/mol. The van der Waals surface area contributed by atoms with Gasteiger partial charge in [0.15, 0.2) is 0 Å². The SMILES string of the molecule is CCc1ccc(/C=N\NS(=O)(=O)c2ccc(C)cc2)cc1[N+](=O)[O-]. The predicted octanol–water partition coefficient (Wildman–Crippen LogP) is 2.78. The lowest BCUT2D eigenvalue weighted by Crippen LogP contribution is -2.18. The number of hydrogen-bond donors (Lipinski definition) is 1. The molecule has 0 fully saturated rings. The number of sulfonamides is 1. The van der Waals surface area contributed by atoms with Gasteiger partial charge in [-0.25, -0.2) is 4.83 Å². The van der Waals surface area contributed by atoms with Crippen molar-refractivity contribution in [2.75, 3.05) is 0 Å². The van der Waals surface area contributed by atoms with E-state index in [4.69, 9.17) is 0 Å². The topological polar surface area (TPSA) is 102 Å². The van der Waals surface area contributed by atoms with E-state index in [0.29, 0.717) is 17.5 Å². The minimum absolute atomic E-state index is 0.0113. The van der Waals surface area contributed by atoms with Crippen molar-refractivity contribution in [3.05, 3.63) is 69.3 Å². The Labute approximate surface area is 140 Å². The van der Waals surface area contributed by atoms with Gasteiger partial charge in [0.25, 0.3) is 15.7 Å². The largest absolute Gasteiger partial charge is 0.276 e. The highest BCUT2D eigenvalue weighted by Crippen LogP contribution is 2.20. The van der Waals surface area contributed by atoms with Crippen LogP contribution in [-0.4, -0.2) is 19.6 Å². The van der Waals surface area contributed by atoms with E-state index in [0.717, 1.165) is 5.56 Å². The molecule has 0 aromatic heterocycles. The van der Waals surface area contributed by atoms with Crippen LogP contribution in [0, 0.1) is 17.0 Å². The molecule has 2 aromatic rings. The molecule has 0 heterocycles. The maximum Gasteiger partial charge on any atom is 0.276 e. The van der Waals surface area contributed by atoms with Gasteiger partial charge in [-0.05, 0) is 25.5 Å². The zero-order valence-electron chi connectivity index (χ0n) is 13.3. The summed E-state index contributed by atoms with van der Waals surface area (Å²) in [5.74, 6) is 0. The van der Waals surface area contributed by atoms with Crippen LogP contribution in [0.25, 0.3) is 0 Å².